The molecule has 1 aliphatic carbocycles. The molecule has 212 valence electrons. The Morgan fingerprint density at radius 2 is 1.77 bits per heavy atom. The van der Waals surface area contributed by atoms with Gasteiger partial charge in [-0.05, 0) is 37.3 Å². The first-order valence-corrected chi connectivity index (χ1v) is 15.8. The lowest BCUT2D eigenvalue weighted by Crippen LogP contribution is -2.50. The van der Waals surface area contributed by atoms with E-state index in [1.165, 1.54) is 32.1 Å². The van der Waals surface area contributed by atoms with Gasteiger partial charge in [0.05, 0.1) is 10.6 Å². The molecule has 2 aromatic heterocycles. The first kappa shape index (κ1) is 27.8. The summed E-state index contributed by atoms with van der Waals surface area (Å²) < 4.78 is 29.3. The van der Waals surface area contributed by atoms with E-state index < -0.39 is 10.0 Å². The van der Waals surface area contributed by atoms with Crippen LogP contribution in [0.1, 0.15) is 51.1 Å². The standard InChI is InChI=1S/C28H41N7O3S/c1-3-10-24-25-26(32(2)31-24)27(36)30-28(29-25)34(21-22-11-6-4-7-12-22)18-15-33-16-19-35(20-17-33)39(37,38)23-13-8-5-9-14-23/h5,8-9,13-14,22H,3-4,6-7,10-12,15-21H2,1-2H3,(H,29,30,36). The van der Waals surface area contributed by atoms with Gasteiger partial charge < -0.3 is 4.90 Å². The van der Waals surface area contributed by atoms with E-state index >= 15 is 0 Å². The lowest BCUT2D eigenvalue weighted by Gasteiger charge is -2.36. The maximum atomic E-state index is 13.1. The van der Waals surface area contributed by atoms with Crippen LogP contribution in [0.5, 0.6) is 0 Å². The summed E-state index contributed by atoms with van der Waals surface area (Å²) in [5.74, 6) is 1.20. The zero-order valence-corrected chi connectivity index (χ0v) is 24.0. The van der Waals surface area contributed by atoms with E-state index in [2.05, 4.69) is 26.8 Å². The number of nitrogens with one attached hydrogen (secondary N) is 1. The molecule has 2 aliphatic rings. The number of nitrogens with zero attached hydrogens (tertiary/aromatic N) is 6. The summed E-state index contributed by atoms with van der Waals surface area (Å²) in [6.45, 7) is 6.76. The number of sulfonamides is 1. The molecule has 1 N–H and O–H groups in total. The fraction of sp³-hybridized carbons (Fsp3) is 0.607. The fourth-order valence-electron chi connectivity index (χ4n) is 5.95. The molecule has 0 unspecified atom stereocenters. The topological polar surface area (TPSA) is 107 Å². The fourth-order valence-corrected chi connectivity index (χ4v) is 7.40. The molecule has 2 fully saturated rings. The van der Waals surface area contributed by atoms with Gasteiger partial charge in [-0.3, -0.25) is 19.4 Å². The van der Waals surface area contributed by atoms with Crippen molar-refractivity contribution in [2.24, 2.45) is 13.0 Å². The molecule has 1 saturated heterocycles. The van der Waals surface area contributed by atoms with Crippen molar-refractivity contribution >= 4 is 27.0 Å². The number of rotatable bonds is 10. The van der Waals surface area contributed by atoms with Crippen molar-refractivity contribution in [1.29, 1.82) is 0 Å². The van der Waals surface area contributed by atoms with Gasteiger partial charge in [0, 0.05) is 52.9 Å². The minimum atomic E-state index is -3.47. The monoisotopic (exact) mass is 555 g/mol. The molecule has 1 saturated carbocycles. The number of aryl methyl sites for hydroxylation is 2. The SMILES string of the molecule is CCCc1nn(C)c2c(=O)[nH]c(N(CCN3CCN(S(=O)(=O)c4ccccc4)CC3)CC3CCCCC3)nc12. The average molecular weight is 556 g/mol. The summed E-state index contributed by atoms with van der Waals surface area (Å²) in [6, 6.07) is 8.66. The van der Waals surface area contributed by atoms with Crippen LogP contribution in [-0.4, -0.2) is 83.2 Å². The molecule has 3 heterocycles. The number of aromatic amines is 1. The Hall–Kier alpha value is -2.76. The van der Waals surface area contributed by atoms with Gasteiger partial charge in [0.15, 0.2) is 5.52 Å². The molecular weight excluding hydrogens is 514 g/mol. The molecular formula is C28H41N7O3S. The minimum Gasteiger partial charge on any atom is -0.341 e. The Morgan fingerprint density at radius 1 is 1.05 bits per heavy atom. The highest BCUT2D eigenvalue weighted by atomic mass is 32.2. The van der Waals surface area contributed by atoms with Crippen molar-refractivity contribution in [3.05, 3.63) is 46.4 Å². The van der Waals surface area contributed by atoms with E-state index in [1.54, 1.807) is 40.3 Å². The number of fused-ring (bicyclic) bond motifs is 1. The van der Waals surface area contributed by atoms with Gasteiger partial charge in [-0.15, -0.1) is 0 Å². The quantitative estimate of drug-likeness (QED) is 0.410. The smallest absolute Gasteiger partial charge is 0.278 e. The van der Waals surface area contributed by atoms with Gasteiger partial charge in [-0.2, -0.15) is 9.40 Å². The van der Waals surface area contributed by atoms with Crippen molar-refractivity contribution in [3.8, 4) is 0 Å². The molecule has 0 atom stereocenters. The van der Waals surface area contributed by atoms with Crippen LogP contribution in [0.2, 0.25) is 0 Å². The predicted molar refractivity (Wildman–Crippen MR) is 154 cm³/mol. The second-order valence-electron chi connectivity index (χ2n) is 10.9. The Balaban J connectivity index is 1.31. The average Bonchev–Trinajstić information content (AvgIpc) is 3.27. The summed E-state index contributed by atoms with van der Waals surface area (Å²) >= 11 is 0. The zero-order chi connectivity index (χ0) is 27.4. The van der Waals surface area contributed by atoms with E-state index in [1.807, 2.05) is 6.07 Å². The molecule has 39 heavy (non-hydrogen) atoms. The van der Waals surface area contributed by atoms with Crippen molar-refractivity contribution in [1.82, 2.24) is 29.0 Å². The summed E-state index contributed by atoms with van der Waals surface area (Å²) in [5, 5.41) is 4.58. The Morgan fingerprint density at radius 3 is 2.46 bits per heavy atom. The Labute approximate surface area is 231 Å². The zero-order valence-electron chi connectivity index (χ0n) is 23.2. The van der Waals surface area contributed by atoms with Crippen LogP contribution in [0, 0.1) is 5.92 Å². The number of anilines is 1. The number of benzene rings is 1. The van der Waals surface area contributed by atoms with Crippen LogP contribution in [0.15, 0.2) is 40.0 Å². The van der Waals surface area contributed by atoms with Crippen LogP contribution in [-0.2, 0) is 23.5 Å². The molecule has 0 bridgehead atoms. The highest BCUT2D eigenvalue weighted by Crippen LogP contribution is 2.26. The van der Waals surface area contributed by atoms with E-state index in [-0.39, 0.29) is 5.56 Å². The number of hydrogen-bond acceptors (Lipinski definition) is 7. The largest absolute Gasteiger partial charge is 0.341 e. The van der Waals surface area contributed by atoms with Crippen molar-refractivity contribution in [3.63, 3.8) is 0 Å². The molecule has 0 spiro atoms. The summed E-state index contributed by atoms with van der Waals surface area (Å²) in [4.78, 5) is 26.1. The predicted octanol–water partition coefficient (Wildman–Crippen LogP) is 3.00. The minimum absolute atomic E-state index is 0.152. The van der Waals surface area contributed by atoms with E-state index in [4.69, 9.17) is 4.98 Å². The Bertz CT molecular complexity index is 1410. The molecule has 3 aromatic rings. The van der Waals surface area contributed by atoms with Crippen LogP contribution < -0.4 is 10.5 Å². The summed E-state index contributed by atoms with van der Waals surface area (Å²) in [6.07, 6.45) is 7.93. The van der Waals surface area contributed by atoms with Crippen molar-refractivity contribution in [2.75, 3.05) is 50.7 Å². The summed E-state index contributed by atoms with van der Waals surface area (Å²) in [7, 11) is -1.67. The number of piperazine rings is 1. The normalized spacial score (nSPS) is 18.1. The summed E-state index contributed by atoms with van der Waals surface area (Å²) in [5.41, 5.74) is 1.94. The molecule has 11 heteroatoms. The van der Waals surface area contributed by atoms with Gasteiger partial charge in [0.2, 0.25) is 16.0 Å². The van der Waals surface area contributed by atoms with Gasteiger partial charge in [0.1, 0.15) is 5.52 Å². The molecule has 1 aromatic carbocycles. The second-order valence-corrected chi connectivity index (χ2v) is 12.9. The van der Waals surface area contributed by atoms with Crippen molar-refractivity contribution in [2.45, 2.75) is 56.8 Å². The third kappa shape index (κ3) is 6.20. The van der Waals surface area contributed by atoms with Crippen LogP contribution >= 0.6 is 0 Å². The molecule has 10 nitrogen and oxygen atoms in total. The molecule has 5 rings (SSSR count). The number of H-pyrrole nitrogens is 1. The lowest BCUT2D eigenvalue weighted by molar-refractivity contribution is 0.190. The molecule has 0 amide bonds. The van der Waals surface area contributed by atoms with Crippen molar-refractivity contribution < 1.29 is 8.42 Å². The third-order valence-electron chi connectivity index (χ3n) is 8.14. The second kappa shape index (κ2) is 12.2. The van der Waals surface area contributed by atoms with Crippen LogP contribution in [0.4, 0.5) is 5.95 Å². The van der Waals surface area contributed by atoms with Gasteiger partial charge in [-0.25, -0.2) is 13.4 Å². The molecule has 0 radical (unpaired) electrons. The van der Waals surface area contributed by atoms with E-state index in [9.17, 15) is 13.2 Å². The van der Waals surface area contributed by atoms with Crippen LogP contribution in [0.3, 0.4) is 0 Å². The third-order valence-corrected chi connectivity index (χ3v) is 10.1. The Kier molecular flexibility index (Phi) is 8.68. The van der Waals surface area contributed by atoms with Crippen LogP contribution in [0.25, 0.3) is 11.0 Å². The number of hydrogen-bond donors (Lipinski definition) is 1. The highest BCUT2D eigenvalue weighted by molar-refractivity contribution is 7.89. The van der Waals surface area contributed by atoms with Gasteiger partial charge in [-0.1, -0.05) is 50.8 Å². The number of aromatic nitrogens is 4. The first-order valence-electron chi connectivity index (χ1n) is 14.3. The molecule has 1 aliphatic heterocycles. The highest BCUT2D eigenvalue weighted by Gasteiger charge is 2.29. The lowest BCUT2D eigenvalue weighted by atomic mass is 9.89. The maximum Gasteiger partial charge on any atom is 0.278 e. The van der Waals surface area contributed by atoms with E-state index in [0.29, 0.717) is 54.0 Å². The van der Waals surface area contributed by atoms with Gasteiger partial charge >= 0.3 is 0 Å². The van der Waals surface area contributed by atoms with E-state index in [0.717, 1.165) is 38.2 Å². The van der Waals surface area contributed by atoms with Gasteiger partial charge in [0.25, 0.3) is 5.56 Å². The maximum absolute atomic E-state index is 13.1. The first-order chi connectivity index (χ1) is 18.9.